The topological polar surface area (TPSA) is 62.7 Å². The van der Waals surface area contributed by atoms with Crippen LogP contribution in [0.1, 0.15) is 16.7 Å². The second-order valence-electron chi connectivity index (χ2n) is 5.81. The Bertz CT molecular complexity index is 904. The lowest BCUT2D eigenvalue weighted by atomic mass is 10.1. The second kappa shape index (κ2) is 6.80. The summed E-state index contributed by atoms with van der Waals surface area (Å²) >= 11 is 0. The van der Waals surface area contributed by atoms with Gasteiger partial charge in [-0.15, -0.1) is 5.10 Å². The van der Waals surface area contributed by atoms with Gasteiger partial charge in [0.15, 0.2) is 5.82 Å². The fourth-order valence-electron chi connectivity index (χ4n) is 2.63. The Labute approximate surface area is 144 Å². The van der Waals surface area contributed by atoms with Crippen molar-refractivity contribution in [3.05, 3.63) is 64.9 Å². The number of anilines is 4. The van der Waals surface area contributed by atoms with E-state index in [1.54, 1.807) is 0 Å². The van der Waals surface area contributed by atoms with Gasteiger partial charge in [0, 0.05) is 11.8 Å². The van der Waals surface area contributed by atoms with E-state index in [1.165, 1.54) is 17.8 Å². The van der Waals surface area contributed by atoms with Crippen LogP contribution >= 0.6 is 0 Å². The first-order valence-corrected chi connectivity index (χ1v) is 7.69. The predicted molar refractivity (Wildman–Crippen MR) is 93.4 cm³/mol. The maximum Gasteiger partial charge on any atom is 0.249 e. The number of aryl methyl sites for hydroxylation is 3. The van der Waals surface area contributed by atoms with Crippen LogP contribution in [0.15, 0.2) is 36.5 Å². The van der Waals surface area contributed by atoms with Crippen LogP contribution in [0.4, 0.5) is 31.9 Å². The van der Waals surface area contributed by atoms with Crippen molar-refractivity contribution in [2.24, 2.45) is 0 Å². The van der Waals surface area contributed by atoms with Crippen LogP contribution in [0.3, 0.4) is 0 Å². The Kier molecular flexibility index (Phi) is 4.56. The summed E-state index contributed by atoms with van der Waals surface area (Å²) in [5, 5.41) is 13.7. The average molecular weight is 341 g/mol. The largest absolute Gasteiger partial charge is 0.336 e. The summed E-state index contributed by atoms with van der Waals surface area (Å²) < 4.78 is 26.7. The summed E-state index contributed by atoms with van der Waals surface area (Å²) in [6.07, 6.45) is 1.36. The van der Waals surface area contributed by atoms with Crippen molar-refractivity contribution < 1.29 is 8.78 Å². The molecule has 0 aliphatic carbocycles. The van der Waals surface area contributed by atoms with Gasteiger partial charge in [-0.1, -0.05) is 17.7 Å². The van der Waals surface area contributed by atoms with E-state index in [-0.39, 0.29) is 11.6 Å². The molecule has 0 amide bonds. The van der Waals surface area contributed by atoms with Gasteiger partial charge in [0.2, 0.25) is 5.95 Å². The molecule has 1 heterocycles. The molecule has 0 aliphatic heterocycles. The summed E-state index contributed by atoms with van der Waals surface area (Å²) in [7, 11) is 0. The number of aromatic nitrogens is 3. The van der Waals surface area contributed by atoms with Crippen molar-refractivity contribution >= 4 is 23.1 Å². The fourth-order valence-corrected chi connectivity index (χ4v) is 2.63. The smallest absolute Gasteiger partial charge is 0.249 e. The van der Waals surface area contributed by atoms with E-state index in [0.717, 1.165) is 28.9 Å². The zero-order valence-electron chi connectivity index (χ0n) is 14.1. The molecule has 2 aromatic carbocycles. The predicted octanol–water partition coefficient (Wildman–Crippen LogP) is 4.56. The van der Waals surface area contributed by atoms with Gasteiger partial charge in [0.1, 0.15) is 11.6 Å². The van der Waals surface area contributed by atoms with Crippen LogP contribution in [-0.4, -0.2) is 15.2 Å². The third kappa shape index (κ3) is 3.88. The van der Waals surface area contributed by atoms with Crippen molar-refractivity contribution in [1.29, 1.82) is 0 Å². The minimum Gasteiger partial charge on any atom is -0.336 e. The molecular formula is C18H17F2N5. The van der Waals surface area contributed by atoms with E-state index in [0.29, 0.717) is 5.82 Å². The lowest BCUT2D eigenvalue weighted by Crippen LogP contribution is -2.05. The minimum absolute atomic E-state index is 0.107. The molecule has 0 radical (unpaired) electrons. The lowest BCUT2D eigenvalue weighted by Gasteiger charge is -2.13. The first kappa shape index (κ1) is 16.8. The molecule has 3 rings (SSSR count). The zero-order valence-corrected chi connectivity index (χ0v) is 14.1. The molecule has 128 valence electrons. The first-order valence-electron chi connectivity index (χ1n) is 7.69. The van der Waals surface area contributed by atoms with Crippen LogP contribution in [0.2, 0.25) is 0 Å². The van der Waals surface area contributed by atoms with Gasteiger partial charge in [-0.25, -0.2) is 8.78 Å². The van der Waals surface area contributed by atoms with E-state index in [2.05, 4.69) is 37.9 Å². The molecule has 1 aromatic heterocycles. The molecule has 0 saturated heterocycles. The fraction of sp³-hybridized carbons (Fsp3) is 0.167. The van der Waals surface area contributed by atoms with Crippen LogP contribution in [-0.2, 0) is 0 Å². The standard InChI is InChI=1S/C18H17F2N5/c1-10-6-11(2)17(12(3)7-10)24-18-23-16(9-21-25-18)22-15-5-4-13(19)8-14(15)20/h4-9H,1-3H3,(H2,22,23,24,25). The third-order valence-corrected chi connectivity index (χ3v) is 3.67. The van der Waals surface area contributed by atoms with Crippen molar-refractivity contribution in [1.82, 2.24) is 15.2 Å². The SMILES string of the molecule is Cc1cc(C)c(Nc2nncc(Nc3ccc(F)cc3F)n2)c(C)c1. The van der Waals surface area contributed by atoms with Crippen molar-refractivity contribution in [2.75, 3.05) is 10.6 Å². The molecular weight excluding hydrogens is 324 g/mol. The van der Waals surface area contributed by atoms with E-state index < -0.39 is 11.6 Å². The lowest BCUT2D eigenvalue weighted by molar-refractivity contribution is 0.586. The first-order chi connectivity index (χ1) is 11.9. The summed E-state index contributed by atoms with van der Waals surface area (Å²) in [4.78, 5) is 4.28. The van der Waals surface area contributed by atoms with Crippen molar-refractivity contribution in [2.45, 2.75) is 20.8 Å². The normalized spacial score (nSPS) is 10.6. The maximum atomic E-state index is 13.7. The summed E-state index contributed by atoms with van der Waals surface area (Å²) in [5.41, 5.74) is 4.29. The van der Waals surface area contributed by atoms with Gasteiger partial charge in [0.05, 0.1) is 11.9 Å². The molecule has 0 atom stereocenters. The Morgan fingerprint density at radius 2 is 1.64 bits per heavy atom. The van der Waals surface area contributed by atoms with Crippen molar-refractivity contribution in [3.63, 3.8) is 0 Å². The molecule has 3 aromatic rings. The Morgan fingerprint density at radius 3 is 2.32 bits per heavy atom. The maximum absolute atomic E-state index is 13.7. The molecule has 0 bridgehead atoms. The summed E-state index contributed by atoms with van der Waals surface area (Å²) in [6, 6.07) is 7.37. The highest BCUT2D eigenvalue weighted by Gasteiger charge is 2.09. The number of halogens is 2. The zero-order chi connectivity index (χ0) is 18.0. The number of benzene rings is 2. The monoisotopic (exact) mass is 341 g/mol. The summed E-state index contributed by atoms with van der Waals surface area (Å²) in [6.45, 7) is 6.02. The van der Waals surface area contributed by atoms with Gasteiger partial charge >= 0.3 is 0 Å². The number of nitrogens with one attached hydrogen (secondary N) is 2. The number of hydrogen-bond donors (Lipinski definition) is 2. The highest BCUT2D eigenvalue weighted by molar-refractivity contribution is 5.65. The second-order valence-corrected chi connectivity index (χ2v) is 5.81. The molecule has 0 fully saturated rings. The van der Waals surface area contributed by atoms with Gasteiger partial charge < -0.3 is 10.6 Å². The molecule has 0 unspecified atom stereocenters. The Hall–Kier alpha value is -3.09. The van der Waals surface area contributed by atoms with E-state index in [1.807, 2.05) is 20.8 Å². The average Bonchev–Trinajstić information content (AvgIpc) is 2.54. The van der Waals surface area contributed by atoms with E-state index in [4.69, 9.17) is 0 Å². The van der Waals surface area contributed by atoms with E-state index >= 15 is 0 Å². The number of rotatable bonds is 4. The van der Waals surface area contributed by atoms with Gasteiger partial charge in [-0.3, -0.25) is 0 Å². The molecule has 0 aliphatic rings. The number of nitrogens with zero attached hydrogens (tertiary/aromatic N) is 3. The quantitative estimate of drug-likeness (QED) is 0.728. The van der Waals surface area contributed by atoms with E-state index in [9.17, 15) is 8.78 Å². The number of hydrogen-bond acceptors (Lipinski definition) is 5. The van der Waals surface area contributed by atoms with Crippen molar-refractivity contribution in [3.8, 4) is 0 Å². The highest BCUT2D eigenvalue weighted by atomic mass is 19.1. The Balaban J connectivity index is 1.85. The third-order valence-electron chi connectivity index (χ3n) is 3.67. The summed E-state index contributed by atoms with van der Waals surface area (Å²) in [5.74, 6) is -0.775. The molecule has 5 nitrogen and oxygen atoms in total. The molecule has 0 saturated carbocycles. The van der Waals surface area contributed by atoms with Gasteiger partial charge in [0.25, 0.3) is 0 Å². The molecule has 25 heavy (non-hydrogen) atoms. The molecule has 2 N–H and O–H groups in total. The molecule has 7 heteroatoms. The van der Waals surface area contributed by atoms with Gasteiger partial charge in [-0.2, -0.15) is 10.1 Å². The van der Waals surface area contributed by atoms with Crippen LogP contribution in [0, 0.1) is 32.4 Å². The van der Waals surface area contributed by atoms with Crippen LogP contribution in [0.5, 0.6) is 0 Å². The van der Waals surface area contributed by atoms with Gasteiger partial charge in [-0.05, 0) is 44.0 Å². The Morgan fingerprint density at radius 1 is 0.920 bits per heavy atom. The minimum atomic E-state index is -0.710. The van der Waals surface area contributed by atoms with Crippen LogP contribution < -0.4 is 10.6 Å². The molecule has 0 spiro atoms. The highest BCUT2D eigenvalue weighted by Crippen LogP contribution is 2.25. The van der Waals surface area contributed by atoms with Crippen LogP contribution in [0.25, 0.3) is 0 Å².